The number of amides is 1. The molecule has 3 aromatic rings. The molecule has 1 aromatic heterocycles. The van der Waals surface area contributed by atoms with Crippen molar-refractivity contribution in [3.63, 3.8) is 0 Å². The van der Waals surface area contributed by atoms with Crippen molar-refractivity contribution in [1.29, 1.82) is 5.26 Å². The number of nitrogen functional groups attached to an aromatic ring is 1. The number of nitrogens with one attached hydrogen (secondary N) is 1. The predicted molar refractivity (Wildman–Crippen MR) is 130 cm³/mol. The van der Waals surface area contributed by atoms with Crippen LogP contribution in [0.4, 0.5) is 11.5 Å². The van der Waals surface area contributed by atoms with Gasteiger partial charge in [0.2, 0.25) is 0 Å². The maximum absolute atomic E-state index is 13.6. The van der Waals surface area contributed by atoms with Gasteiger partial charge in [-0.1, -0.05) is 49.7 Å². The van der Waals surface area contributed by atoms with Crippen LogP contribution < -0.4 is 26.6 Å². The third kappa shape index (κ3) is 5.53. The van der Waals surface area contributed by atoms with E-state index in [1.807, 2.05) is 43.3 Å². The zero-order chi connectivity index (χ0) is 24.7. The molecule has 0 fully saturated rings. The Balaban J connectivity index is 2.04. The Labute approximate surface area is 197 Å². The smallest absolute Gasteiger partial charge is 0.330 e. The highest BCUT2D eigenvalue weighted by molar-refractivity contribution is 5.98. The number of aromatic amines is 1. The maximum Gasteiger partial charge on any atom is 0.330 e. The van der Waals surface area contributed by atoms with Gasteiger partial charge >= 0.3 is 5.69 Å². The van der Waals surface area contributed by atoms with E-state index in [1.165, 1.54) is 15.5 Å². The molecule has 2 aromatic carbocycles. The number of nitrogens with two attached hydrogens (primary N) is 1. The Bertz CT molecular complexity index is 1310. The molecule has 1 unspecified atom stereocenters. The van der Waals surface area contributed by atoms with Gasteiger partial charge in [-0.2, -0.15) is 5.26 Å². The summed E-state index contributed by atoms with van der Waals surface area (Å²) in [5.74, 6) is -0.261. The maximum atomic E-state index is 13.6. The van der Waals surface area contributed by atoms with Gasteiger partial charge in [-0.25, -0.2) is 4.79 Å². The molecule has 0 aliphatic carbocycles. The SMILES string of the molecule is CCCCn1c(N)c(N(Cc2ccccc2)C(=O)C(C)Oc2cccc(C#N)c2)c(=O)[nH]c1=O. The van der Waals surface area contributed by atoms with Crippen LogP contribution in [0.2, 0.25) is 0 Å². The van der Waals surface area contributed by atoms with Crippen LogP contribution >= 0.6 is 0 Å². The average molecular weight is 462 g/mol. The normalized spacial score (nSPS) is 11.4. The van der Waals surface area contributed by atoms with Crippen LogP contribution in [0.25, 0.3) is 0 Å². The molecule has 0 saturated heterocycles. The summed E-state index contributed by atoms with van der Waals surface area (Å²) in [5.41, 5.74) is 5.96. The van der Waals surface area contributed by atoms with Gasteiger partial charge in [0.15, 0.2) is 11.8 Å². The number of unbranched alkanes of at least 4 members (excludes halogenated alkanes) is 1. The molecule has 0 aliphatic rings. The van der Waals surface area contributed by atoms with Crippen LogP contribution in [0.3, 0.4) is 0 Å². The minimum absolute atomic E-state index is 0.0465. The highest BCUT2D eigenvalue weighted by Crippen LogP contribution is 2.23. The highest BCUT2D eigenvalue weighted by Gasteiger charge is 2.29. The lowest BCUT2D eigenvalue weighted by Gasteiger charge is -2.27. The summed E-state index contributed by atoms with van der Waals surface area (Å²) in [7, 11) is 0. The van der Waals surface area contributed by atoms with Gasteiger partial charge in [0.1, 0.15) is 11.6 Å². The molecule has 1 atom stereocenters. The standard InChI is InChI=1S/C25H27N5O4/c1-3-4-13-29-22(27)21(23(31)28-25(29)33)30(16-18-9-6-5-7-10-18)24(32)17(2)34-20-12-8-11-19(14-20)15-26/h5-12,14,17H,3-4,13,16,27H2,1-2H3,(H,28,31,33). The largest absolute Gasteiger partial charge is 0.481 e. The van der Waals surface area contributed by atoms with E-state index in [0.717, 1.165) is 12.0 Å². The zero-order valence-corrected chi connectivity index (χ0v) is 19.2. The Morgan fingerprint density at radius 3 is 2.62 bits per heavy atom. The second-order valence-corrected chi connectivity index (χ2v) is 7.81. The summed E-state index contributed by atoms with van der Waals surface area (Å²) < 4.78 is 7.06. The molecule has 34 heavy (non-hydrogen) atoms. The van der Waals surface area contributed by atoms with Crippen molar-refractivity contribution in [2.24, 2.45) is 0 Å². The third-order valence-electron chi connectivity index (χ3n) is 5.29. The lowest BCUT2D eigenvalue weighted by Crippen LogP contribution is -2.45. The number of ether oxygens (including phenoxy) is 1. The zero-order valence-electron chi connectivity index (χ0n) is 19.2. The van der Waals surface area contributed by atoms with Crippen LogP contribution in [-0.4, -0.2) is 21.6 Å². The van der Waals surface area contributed by atoms with Crippen molar-refractivity contribution in [1.82, 2.24) is 9.55 Å². The van der Waals surface area contributed by atoms with Crippen LogP contribution in [0.1, 0.15) is 37.8 Å². The molecular formula is C25H27N5O4. The Hall–Kier alpha value is -4.32. The van der Waals surface area contributed by atoms with Gasteiger partial charge in [-0.15, -0.1) is 0 Å². The number of carbonyl (C=O) groups excluding carboxylic acids is 1. The van der Waals surface area contributed by atoms with Crippen molar-refractivity contribution in [3.8, 4) is 11.8 Å². The second-order valence-electron chi connectivity index (χ2n) is 7.81. The van der Waals surface area contributed by atoms with Gasteiger partial charge in [-0.3, -0.25) is 24.0 Å². The number of H-pyrrole nitrogens is 1. The number of hydrogen-bond donors (Lipinski definition) is 2. The first-order valence-electron chi connectivity index (χ1n) is 11.0. The number of anilines is 2. The predicted octanol–water partition coefficient (Wildman–Crippen LogP) is 2.79. The minimum atomic E-state index is -1.01. The fraction of sp³-hybridized carbons (Fsp3) is 0.280. The molecule has 9 heteroatoms. The number of rotatable bonds is 9. The van der Waals surface area contributed by atoms with Gasteiger partial charge < -0.3 is 10.5 Å². The van der Waals surface area contributed by atoms with E-state index < -0.39 is 23.3 Å². The fourth-order valence-electron chi connectivity index (χ4n) is 3.52. The third-order valence-corrected chi connectivity index (χ3v) is 5.29. The molecule has 0 spiro atoms. The van der Waals surface area contributed by atoms with Crippen LogP contribution in [0.5, 0.6) is 5.75 Å². The monoisotopic (exact) mass is 461 g/mol. The minimum Gasteiger partial charge on any atom is -0.481 e. The lowest BCUT2D eigenvalue weighted by atomic mass is 10.2. The van der Waals surface area contributed by atoms with E-state index in [9.17, 15) is 14.4 Å². The molecule has 1 heterocycles. The molecule has 1 amide bonds. The summed E-state index contributed by atoms with van der Waals surface area (Å²) in [6, 6.07) is 17.6. The molecule has 176 valence electrons. The van der Waals surface area contributed by atoms with E-state index in [1.54, 1.807) is 25.1 Å². The van der Waals surface area contributed by atoms with Gasteiger partial charge in [0.05, 0.1) is 18.2 Å². The molecule has 0 bridgehead atoms. The summed E-state index contributed by atoms with van der Waals surface area (Å²) in [6.07, 6.45) is 0.490. The molecule has 3 rings (SSSR count). The first kappa shape index (κ1) is 24.3. The molecule has 3 N–H and O–H groups in total. The van der Waals surface area contributed by atoms with Crippen LogP contribution in [0, 0.1) is 11.3 Å². The quantitative estimate of drug-likeness (QED) is 0.503. The Kier molecular flexibility index (Phi) is 7.88. The summed E-state index contributed by atoms with van der Waals surface area (Å²) >= 11 is 0. The molecule has 0 aliphatic heterocycles. The average Bonchev–Trinajstić information content (AvgIpc) is 2.83. The lowest BCUT2D eigenvalue weighted by molar-refractivity contribution is -0.124. The Morgan fingerprint density at radius 2 is 1.94 bits per heavy atom. The van der Waals surface area contributed by atoms with E-state index in [-0.39, 0.29) is 18.1 Å². The van der Waals surface area contributed by atoms with E-state index in [2.05, 4.69) is 4.98 Å². The van der Waals surface area contributed by atoms with E-state index in [4.69, 9.17) is 15.7 Å². The number of hydrogen-bond acceptors (Lipinski definition) is 6. The fourth-order valence-corrected chi connectivity index (χ4v) is 3.52. The highest BCUT2D eigenvalue weighted by atomic mass is 16.5. The molecule has 9 nitrogen and oxygen atoms in total. The first-order valence-corrected chi connectivity index (χ1v) is 11.0. The number of carbonyl (C=O) groups is 1. The van der Waals surface area contributed by atoms with Gasteiger partial charge in [0.25, 0.3) is 11.5 Å². The molecule has 0 radical (unpaired) electrons. The summed E-state index contributed by atoms with van der Waals surface area (Å²) in [4.78, 5) is 42.3. The van der Waals surface area contributed by atoms with Crippen molar-refractivity contribution in [3.05, 3.63) is 86.6 Å². The first-order chi connectivity index (χ1) is 16.3. The van der Waals surface area contributed by atoms with Crippen molar-refractivity contribution in [2.45, 2.75) is 45.9 Å². The van der Waals surface area contributed by atoms with E-state index >= 15 is 0 Å². The number of aromatic nitrogens is 2. The summed E-state index contributed by atoms with van der Waals surface area (Å²) in [6.45, 7) is 3.88. The van der Waals surface area contributed by atoms with Gasteiger partial charge in [0, 0.05) is 6.54 Å². The number of nitriles is 1. The number of benzene rings is 2. The van der Waals surface area contributed by atoms with E-state index in [0.29, 0.717) is 24.3 Å². The van der Waals surface area contributed by atoms with Crippen LogP contribution in [-0.2, 0) is 17.9 Å². The number of nitrogens with zero attached hydrogens (tertiary/aromatic N) is 3. The molecular weight excluding hydrogens is 434 g/mol. The summed E-state index contributed by atoms with van der Waals surface area (Å²) in [5, 5.41) is 9.12. The van der Waals surface area contributed by atoms with Crippen LogP contribution in [0.15, 0.2) is 64.2 Å². The van der Waals surface area contributed by atoms with Gasteiger partial charge in [-0.05, 0) is 37.1 Å². The van der Waals surface area contributed by atoms with Crippen molar-refractivity contribution >= 4 is 17.4 Å². The second kappa shape index (κ2) is 11.0. The molecule has 0 saturated carbocycles. The van der Waals surface area contributed by atoms with Crippen molar-refractivity contribution < 1.29 is 9.53 Å². The van der Waals surface area contributed by atoms with Crippen molar-refractivity contribution in [2.75, 3.05) is 10.6 Å². The topological polar surface area (TPSA) is 134 Å². The Morgan fingerprint density at radius 1 is 1.21 bits per heavy atom.